The zero-order valence-corrected chi connectivity index (χ0v) is 14.3. The number of halogens is 1. The number of benzene rings is 2. The number of carbonyl (C=O) groups is 1. The summed E-state index contributed by atoms with van der Waals surface area (Å²) in [7, 11) is 0. The van der Waals surface area contributed by atoms with E-state index in [1.165, 1.54) is 0 Å². The van der Waals surface area contributed by atoms with E-state index in [0.717, 1.165) is 16.8 Å². The van der Waals surface area contributed by atoms with Crippen molar-refractivity contribution in [3.63, 3.8) is 0 Å². The summed E-state index contributed by atoms with van der Waals surface area (Å²) >= 11 is 0. The number of rotatable bonds is 3. The molecular weight excluding hydrogens is 333 g/mol. The summed E-state index contributed by atoms with van der Waals surface area (Å²) in [5.74, 6) is -0.704. The Balaban J connectivity index is 1.66. The first kappa shape index (κ1) is 16.3. The average Bonchev–Trinajstić information content (AvgIpc) is 3.12. The Bertz CT molecular complexity index is 950. The maximum Gasteiger partial charge on any atom is 0.255 e. The van der Waals surface area contributed by atoms with Crippen LogP contribution in [0, 0.1) is 12.7 Å². The van der Waals surface area contributed by atoms with Crippen LogP contribution in [0.1, 0.15) is 27.0 Å². The number of ether oxygens (including phenoxy) is 1. The Morgan fingerprint density at radius 3 is 2.85 bits per heavy atom. The van der Waals surface area contributed by atoms with E-state index in [1.807, 2.05) is 36.5 Å². The second-order valence-corrected chi connectivity index (χ2v) is 6.25. The molecule has 2 aromatic carbocycles. The fourth-order valence-corrected chi connectivity index (χ4v) is 3.09. The van der Waals surface area contributed by atoms with Crippen LogP contribution in [-0.2, 0) is 6.42 Å². The van der Waals surface area contributed by atoms with Crippen LogP contribution >= 0.6 is 0 Å². The van der Waals surface area contributed by atoms with Gasteiger partial charge >= 0.3 is 0 Å². The molecule has 4 rings (SSSR count). The minimum absolute atomic E-state index is 0.0512. The van der Waals surface area contributed by atoms with Gasteiger partial charge in [0.15, 0.2) is 11.6 Å². The Kier molecular flexibility index (Phi) is 4.16. The van der Waals surface area contributed by atoms with Gasteiger partial charge in [-0.05, 0) is 54.3 Å². The van der Waals surface area contributed by atoms with Crippen molar-refractivity contribution in [1.29, 1.82) is 0 Å². The van der Waals surface area contributed by atoms with Gasteiger partial charge in [-0.2, -0.15) is 5.10 Å². The minimum atomic E-state index is -0.456. The Labute approximate surface area is 150 Å². The second kappa shape index (κ2) is 6.63. The van der Waals surface area contributed by atoms with Crippen LogP contribution in [0.2, 0.25) is 0 Å². The average molecular weight is 351 g/mol. The first-order valence-corrected chi connectivity index (χ1v) is 8.45. The molecule has 0 bridgehead atoms. The molecule has 0 radical (unpaired) electrons. The lowest BCUT2D eigenvalue weighted by Gasteiger charge is -2.14. The summed E-state index contributed by atoms with van der Waals surface area (Å²) in [6, 6.07) is 11.5. The van der Waals surface area contributed by atoms with Crippen LogP contribution in [0.4, 0.5) is 4.39 Å². The van der Waals surface area contributed by atoms with Gasteiger partial charge < -0.3 is 10.1 Å². The van der Waals surface area contributed by atoms with E-state index in [0.29, 0.717) is 18.5 Å². The van der Waals surface area contributed by atoms with Crippen LogP contribution in [0.15, 0.2) is 48.8 Å². The van der Waals surface area contributed by atoms with Crippen LogP contribution in [0.25, 0.3) is 5.69 Å². The fourth-order valence-electron chi connectivity index (χ4n) is 3.09. The normalized spacial score (nSPS) is 13.5. The van der Waals surface area contributed by atoms with Crippen molar-refractivity contribution in [2.45, 2.75) is 13.3 Å². The van der Waals surface area contributed by atoms with Gasteiger partial charge in [-0.1, -0.05) is 12.1 Å². The van der Waals surface area contributed by atoms with Gasteiger partial charge in [-0.15, -0.1) is 0 Å². The molecule has 2 heterocycles. The number of aromatic nitrogens is 2. The maximum atomic E-state index is 14.7. The molecule has 1 amide bonds. The number of carbonyl (C=O) groups excluding carboxylic acids is 1. The van der Waals surface area contributed by atoms with Gasteiger partial charge in [0.05, 0.1) is 17.8 Å². The largest absolute Gasteiger partial charge is 0.488 e. The first-order chi connectivity index (χ1) is 12.6. The van der Waals surface area contributed by atoms with E-state index in [-0.39, 0.29) is 23.8 Å². The highest BCUT2D eigenvalue weighted by Gasteiger charge is 2.23. The predicted molar refractivity (Wildman–Crippen MR) is 95.3 cm³/mol. The van der Waals surface area contributed by atoms with Gasteiger partial charge in [0.2, 0.25) is 0 Å². The monoisotopic (exact) mass is 351 g/mol. The molecule has 6 heteroatoms. The molecule has 5 nitrogen and oxygen atoms in total. The standard InChI is InChI=1S/C20H18FN3O2/c1-13-15(12-17-19(18(13)21)26-10-8-22-20(17)25)11-14-3-5-16(6-4-14)24-9-2-7-23-24/h2-7,9,12H,8,10-11H2,1H3,(H,22,25). The van der Waals surface area contributed by atoms with Crippen LogP contribution < -0.4 is 10.1 Å². The number of nitrogens with one attached hydrogen (secondary N) is 1. The van der Waals surface area contributed by atoms with Crippen molar-refractivity contribution < 1.29 is 13.9 Å². The summed E-state index contributed by atoms with van der Waals surface area (Å²) < 4.78 is 21.9. The van der Waals surface area contributed by atoms with Crippen LogP contribution in [0.5, 0.6) is 5.75 Å². The molecule has 0 aliphatic carbocycles. The molecule has 0 saturated carbocycles. The zero-order valence-electron chi connectivity index (χ0n) is 14.3. The molecule has 1 aromatic heterocycles. The van der Waals surface area contributed by atoms with Gasteiger partial charge in [0, 0.05) is 12.4 Å². The van der Waals surface area contributed by atoms with Gasteiger partial charge in [-0.25, -0.2) is 9.07 Å². The predicted octanol–water partition coefficient (Wildman–Crippen LogP) is 3.03. The lowest BCUT2D eigenvalue weighted by atomic mass is 9.96. The smallest absolute Gasteiger partial charge is 0.255 e. The van der Waals surface area contributed by atoms with Gasteiger partial charge in [0.25, 0.3) is 5.91 Å². The summed E-state index contributed by atoms with van der Waals surface area (Å²) in [6.07, 6.45) is 4.13. The Morgan fingerprint density at radius 1 is 1.31 bits per heavy atom. The SMILES string of the molecule is Cc1c(Cc2ccc(-n3cccn3)cc2)cc2c(c1F)OCCNC2=O. The maximum absolute atomic E-state index is 14.7. The van der Waals surface area contributed by atoms with Crippen LogP contribution in [0.3, 0.4) is 0 Å². The minimum Gasteiger partial charge on any atom is -0.488 e. The third-order valence-corrected chi connectivity index (χ3v) is 4.55. The van der Waals surface area contributed by atoms with Crippen molar-refractivity contribution in [3.8, 4) is 11.4 Å². The summed E-state index contributed by atoms with van der Waals surface area (Å²) in [4.78, 5) is 12.2. The highest BCUT2D eigenvalue weighted by atomic mass is 19.1. The Morgan fingerprint density at radius 2 is 2.12 bits per heavy atom. The number of hydrogen-bond acceptors (Lipinski definition) is 3. The molecule has 132 valence electrons. The number of amides is 1. The van der Waals surface area contributed by atoms with E-state index in [2.05, 4.69) is 10.4 Å². The molecule has 1 N–H and O–H groups in total. The van der Waals surface area contributed by atoms with E-state index < -0.39 is 5.82 Å². The molecule has 0 fully saturated rings. The number of nitrogens with zero attached hydrogens (tertiary/aromatic N) is 2. The summed E-state index contributed by atoms with van der Waals surface area (Å²) in [5.41, 5.74) is 3.52. The molecule has 1 aliphatic heterocycles. The lowest BCUT2D eigenvalue weighted by Crippen LogP contribution is -2.24. The third kappa shape index (κ3) is 2.94. The molecule has 0 atom stereocenters. The highest BCUT2D eigenvalue weighted by Crippen LogP contribution is 2.31. The second-order valence-electron chi connectivity index (χ2n) is 6.25. The van der Waals surface area contributed by atoms with E-state index in [1.54, 1.807) is 23.9 Å². The summed E-state index contributed by atoms with van der Waals surface area (Å²) in [6.45, 7) is 2.36. The zero-order chi connectivity index (χ0) is 18.1. The molecule has 26 heavy (non-hydrogen) atoms. The van der Waals surface area contributed by atoms with Crippen molar-refractivity contribution in [2.24, 2.45) is 0 Å². The molecular formula is C20H18FN3O2. The van der Waals surface area contributed by atoms with E-state index in [9.17, 15) is 9.18 Å². The quantitative estimate of drug-likeness (QED) is 0.789. The topological polar surface area (TPSA) is 56.1 Å². The lowest BCUT2D eigenvalue weighted by molar-refractivity contribution is 0.0957. The number of fused-ring (bicyclic) bond motifs is 1. The molecule has 0 spiro atoms. The molecule has 3 aromatic rings. The van der Waals surface area contributed by atoms with E-state index >= 15 is 0 Å². The van der Waals surface area contributed by atoms with Crippen molar-refractivity contribution in [1.82, 2.24) is 15.1 Å². The molecule has 1 aliphatic rings. The first-order valence-electron chi connectivity index (χ1n) is 8.45. The summed E-state index contributed by atoms with van der Waals surface area (Å²) in [5, 5.41) is 6.92. The van der Waals surface area contributed by atoms with Crippen molar-refractivity contribution in [3.05, 3.63) is 76.9 Å². The van der Waals surface area contributed by atoms with Crippen molar-refractivity contribution >= 4 is 5.91 Å². The number of hydrogen-bond donors (Lipinski definition) is 1. The molecule has 0 unspecified atom stereocenters. The van der Waals surface area contributed by atoms with Gasteiger partial charge in [-0.3, -0.25) is 4.79 Å². The third-order valence-electron chi connectivity index (χ3n) is 4.55. The van der Waals surface area contributed by atoms with Crippen LogP contribution in [-0.4, -0.2) is 28.8 Å². The van der Waals surface area contributed by atoms with Gasteiger partial charge in [0.1, 0.15) is 6.61 Å². The fraction of sp³-hybridized carbons (Fsp3) is 0.200. The van der Waals surface area contributed by atoms with Crippen molar-refractivity contribution in [2.75, 3.05) is 13.2 Å². The van der Waals surface area contributed by atoms with E-state index in [4.69, 9.17) is 4.74 Å². The molecule has 0 saturated heterocycles. The highest BCUT2D eigenvalue weighted by molar-refractivity contribution is 5.97. The Hall–Kier alpha value is -3.15.